The van der Waals surface area contributed by atoms with E-state index in [4.69, 9.17) is 47.0 Å². The van der Waals surface area contributed by atoms with Gasteiger partial charge in [0.15, 0.2) is 0 Å². The van der Waals surface area contributed by atoms with E-state index in [0.29, 0.717) is 16.6 Å². The predicted octanol–water partition coefficient (Wildman–Crippen LogP) is 3.70. The molecule has 0 aromatic carbocycles. The summed E-state index contributed by atoms with van der Waals surface area (Å²) in [6, 6.07) is 16.3. The fourth-order valence-corrected chi connectivity index (χ4v) is 7.79. The molecule has 0 bridgehead atoms. The van der Waals surface area contributed by atoms with Crippen molar-refractivity contribution in [3.8, 4) is 0 Å². The van der Waals surface area contributed by atoms with Crippen LogP contribution >= 0.6 is 47.8 Å². The maximum atomic E-state index is 7.57. The van der Waals surface area contributed by atoms with Crippen molar-refractivity contribution in [3.05, 3.63) is 96.6 Å². The molecule has 21 heteroatoms. The summed E-state index contributed by atoms with van der Waals surface area (Å²) in [6.07, 6.45) is 11.4. The van der Waals surface area contributed by atoms with Crippen LogP contribution in [0, 0.1) is 0 Å². The topological polar surface area (TPSA) is 188 Å². The number of piperazine rings is 4. The van der Waals surface area contributed by atoms with Gasteiger partial charge in [-0.15, -0.1) is 23.4 Å². The van der Waals surface area contributed by atoms with Crippen LogP contribution in [0.3, 0.4) is 0 Å². The number of hydrogen-bond acceptors (Lipinski definition) is 19. The van der Waals surface area contributed by atoms with Gasteiger partial charge in [0.1, 0.15) is 4.99 Å². The molecule has 4 aliphatic rings. The lowest BCUT2D eigenvalue weighted by atomic mass is 10.2. The Labute approximate surface area is 427 Å². The lowest BCUT2D eigenvalue weighted by Gasteiger charge is -2.33. The van der Waals surface area contributed by atoms with Crippen LogP contribution in [0.25, 0.3) is 0 Å². The number of thiocarbonyl (C=S) groups is 2. The fourth-order valence-electron chi connectivity index (χ4n) is 7.06. The summed E-state index contributed by atoms with van der Waals surface area (Å²) in [5.74, 6) is 13.7. The van der Waals surface area contributed by atoms with Crippen LogP contribution in [-0.2, 0) is 5.88 Å². The number of anilines is 4. The van der Waals surface area contributed by atoms with Crippen LogP contribution in [0.15, 0.2) is 79.5 Å². The fraction of sp³-hybridized carbons (Fsp3) is 0.532. The highest BCUT2D eigenvalue weighted by atomic mass is 35.5. The molecule has 4 aliphatic heterocycles. The number of hydrazine groups is 2. The highest BCUT2D eigenvalue weighted by Gasteiger charge is 2.17. The zero-order valence-corrected chi connectivity index (χ0v) is 43.6. The molecule has 4 aromatic heterocycles. The van der Waals surface area contributed by atoms with Gasteiger partial charge in [-0.05, 0) is 89.9 Å². The Morgan fingerprint density at radius 2 is 0.956 bits per heavy atom. The summed E-state index contributed by atoms with van der Waals surface area (Å²) >= 11 is 17.5. The first-order valence-corrected chi connectivity index (χ1v) is 25.2. The molecule has 17 nitrogen and oxygen atoms in total. The highest BCUT2D eigenvalue weighted by Crippen LogP contribution is 2.19. The Morgan fingerprint density at radius 1 is 0.603 bits per heavy atom. The molecule has 378 valence electrons. The number of halogens is 1. The molecular formula is C47H79ClN16OS3. The molecule has 4 saturated heterocycles. The van der Waals surface area contributed by atoms with Gasteiger partial charge in [0.2, 0.25) is 0 Å². The number of nitrogens with two attached hydrogens (primary N) is 3. The number of hydrogen-bond donors (Lipinski definition) is 5. The van der Waals surface area contributed by atoms with Crippen LogP contribution in [0.5, 0.6) is 0 Å². The number of aromatic nitrogens is 4. The van der Waals surface area contributed by atoms with Gasteiger partial charge in [-0.25, -0.2) is 5.84 Å². The Kier molecular flexibility index (Phi) is 30.5. The van der Waals surface area contributed by atoms with Crippen molar-refractivity contribution in [2.45, 2.75) is 20.2 Å². The summed E-state index contributed by atoms with van der Waals surface area (Å²) in [4.78, 5) is 36.4. The quantitative estimate of drug-likeness (QED) is 0.0780. The average Bonchev–Trinajstić information content (AvgIpc) is 3.38. The van der Waals surface area contributed by atoms with Crippen LogP contribution < -0.4 is 42.6 Å². The van der Waals surface area contributed by atoms with Gasteiger partial charge in [-0.2, -0.15) is 0 Å². The summed E-state index contributed by atoms with van der Waals surface area (Å²) in [7, 11) is 8.63. The van der Waals surface area contributed by atoms with Gasteiger partial charge in [0.05, 0.1) is 74.7 Å². The minimum atomic E-state index is 0. The molecular weight excluding hydrogens is 936 g/mol. The van der Waals surface area contributed by atoms with Crippen molar-refractivity contribution in [1.82, 2.24) is 45.0 Å². The Bertz CT molecular complexity index is 1830. The number of aliphatic hydroxyl groups excluding tert-OH is 1. The van der Waals surface area contributed by atoms with Crippen molar-refractivity contribution < 1.29 is 5.11 Å². The van der Waals surface area contributed by atoms with E-state index in [2.05, 4.69) is 123 Å². The van der Waals surface area contributed by atoms with E-state index < -0.39 is 0 Å². The molecule has 4 fully saturated rings. The minimum Gasteiger partial charge on any atom is -0.397 e. The minimum absolute atomic E-state index is 0. The molecule has 0 unspecified atom stereocenters. The van der Waals surface area contributed by atoms with Gasteiger partial charge in [0, 0.05) is 118 Å². The number of rotatable bonds is 7. The Balaban J connectivity index is 0.000000301. The van der Waals surface area contributed by atoms with E-state index in [-0.39, 0.29) is 14.0 Å². The third-order valence-electron chi connectivity index (χ3n) is 11.3. The average molecular weight is 1020 g/mol. The van der Waals surface area contributed by atoms with E-state index in [1.165, 1.54) is 17.1 Å². The van der Waals surface area contributed by atoms with Crippen LogP contribution in [0.4, 0.5) is 22.7 Å². The van der Waals surface area contributed by atoms with E-state index >= 15 is 0 Å². The molecule has 0 saturated carbocycles. The number of alkyl halides is 1. The van der Waals surface area contributed by atoms with Gasteiger partial charge in [-0.1, -0.05) is 31.9 Å². The summed E-state index contributed by atoms with van der Waals surface area (Å²) in [6.45, 7) is 19.5. The Hall–Kier alpha value is -3.90. The lowest BCUT2D eigenvalue weighted by molar-refractivity contribution is 0.313. The Morgan fingerprint density at radius 3 is 1.24 bits per heavy atom. The molecule has 68 heavy (non-hydrogen) atoms. The third-order valence-corrected chi connectivity index (χ3v) is 13.2. The van der Waals surface area contributed by atoms with Gasteiger partial charge in [0.25, 0.3) is 0 Å². The zero-order chi connectivity index (χ0) is 49.0. The summed E-state index contributed by atoms with van der Waals surface area (Å²) < 4.78 is 0.856. The van der Waals surface area contributed by atoms with Crippen LogP contribution in [0.1, 0.15) is 31.4 Å². The van der Waals surface area contributed by atoms with Crippen molar-refractivity contribution in [3.63, 3.8) is 0 Å². The monoisotopic (exact) mass is 1010 g/mol. The van der Waals surface area contributed by atoms with Crippen LogP contribution in [0.2, 0.25) is 0 Å². The molecule has 8 heterocycles. The first-order valence-electron chi connectivity index (χ1n) is 22.6. The van der Waals surface area contributed by atoms with Crippen LogP contribution in [-0.4, -0.2) is 200 Å². The maximum Gasteiger partial charge on any atom is 0.139 e. The number of pyridine rings is 4. The SMILES string of the molecule is C.CCO.CN1CCN(c2ccc(C(=S)NN)nc2)CC1.CN1CCN(c2ccc(CCl)nc2)CC1.CN1CCN(c2cccnc2)CC1.CSC(=S)c1ccc(N2CCN(C)CC2)cn1.NN. The van der Waals surface area contributed by atoms with Gasteiger partial charge >= 0.3 is 0 Å². The van der Waals surface area contributed by atoms with Crippen molar-refractivity contribution in [1.29, 1.82) is 0 Å². The smallest absolute Gasteiger partial charge is 0.139 e. The molecule has 0 spiro atoms. The van der Waals surface area contributed by atoms with E-state index in [0.717, 1.165) is 126 Å². The zero-order valence-electron chi connectivity index (χ0n) is 40.4. The molecule has 0 amide bonds. The van der Waals surface area contributed by atoms with E-state index in [9.17, 15) is 0 Å². The number of likely N-dealkylation sites (N-methyl/N-ethyl adjacent to an activating group) is 4. The number of nitrogens with one attached hydrogen (secondary N) is 1. The molecule has 4 aromatic rings. The lowest BCUT2D eigenvalue weighted by Crippen LogP contribution is -2.44. The van der Waals surface area contributed by atoms with Crippen molar-refractivity contribution >= 4 is 79.7 Å². The normalized spacial score (nSPS) is 16.5. The number of nitrogens with zero attached hydrogens (tertiary/aromatic N) is 12. The molecule has 0 atom stereocenters. The molecule has 0 radical (unpaired) electrons. The van der Waals surface area contributed by atoms with E-state index in [1.54, 1.807) is 18.7 Å². The first-order chi connectivity index (χ1) is 32.5. The second kappa shape index (κ2) is 34.4. The predicted molar refractivity (Wildman–Crippen MR) is 297 cm³/mol. The summed E-state index contributed by atoms with van der Waals surface area (Å²) in [5, 5.41) is 7.57. The first kappa shape index (κ1) is 60.2. The third kappa shape index (κ3) is 21.4. The molecule has 8 N–H and O–H groups in total. The largest absolute Gasteiger partial charge is 0.397 e. The molecule has 0 aliphatic carbocycles. The second-order valence-corrected chi connectivity index (χ2v) is 18.3. The number of thioether (sulfide) groups is 1. The van der Waals surface area contributed by atoms with Gasteiger partial charge < -0.3 is 49.7 Å². The standard InChI is InChI=1S/C12H17N3S2.C11H16ClN3.C11H17N5S.C10H15N3.C2H6O.CH4.H4N2/c1-14-5-7-15(8-6-14)10-3-4-11(13-9-10)12(16)17-2;1-14-4-6-15(7-5-14)11-3-2-10(8-12)13-9-11;1-15-4-6-16(7-5-15)9-2-3-10(13-8-9)11(17)14-12;1-12-5-7-13(8-6-12)10-3-2-4-11-9-10;1-2-3;;1-2/h3-4,9H,5-8H2,1-2H3;2-3,9H,4-8H2,1H3;2-3,8H,4-7,12H2,1H3,(H,14,17);2-4,9H,5-8H2,1H3;3H,2H2,1H3;1H4;1-2H2. The molecule has 8 rings (SSSR count). The number of aliphatic hydroxyl groups is 1. The van der Waals surface area contributed by atoms with Crippen molar-refractivity contribution in [2.24, 2.45) is 17.5 Å². The van der Waals surface area contributed by atoms with Crippen molar-refractivity contribution in [2.75, 3.05) is 165 Å². The maximum absolute atomic E-state index is 7.57. The second-order valence-electron chi connectivity index (χ2n) is 16.1. The van der Waals surface area contributed by atoms with E-state index in [1.807, 2.05) is 67.6 Å². The summed E-state index contributed by atoms with van der Waals surface area (Å²) in [5.41, 5.74) is 9.78. The highest BCUT2D eigenvalue weighted by molar-refractivity contribution is 8.23. The van der Waals surface area contributed by atoms with Gasteiger partial charge in [-0.3, -0.25) is 31.6 Å².